The summed E-state index contributed by atoms with van der Waals surface area (Å²) in [6.45, 7) is 2.90. The molecule has 2 nitrogen and oxygen atoms in total. The summed E-state index contributed by atoms with van der Waals surface area (Å²) >= 11 is 1.72. The van der Waals surface area contributed by atoms with Crippen LogP contribution in [0.4, 0.5) is 5.69 Å². The second-order valence-electron chi connectivity index (χ2n) is 3.14. The number of aromatic nitrogens is 1. The lowest BCUT2D eigenvalue weighted by Gasteiger charge is -2.04. The zero-order valence-corrected chi connectivity index (χ0v) is 8.84. The highest BCUT2D eigenvalue weighted by Crippen LogP contribution is 2.19. The van der Waals surface area contributed by atoms with E-state index in [1.807, 2.05) is 24.4 Å². The molecule has 0 atom stereocenters. The first-order valence-corrected chi connectivity index (χ1v) is 5.47. The zero-order valence-electron chi connectivity index (χ0n) is 8.03. The molecule has 0 amide bonds. The molecule has 1 N–H and O–H groups in total. The van der Waals surface area contributed by atoms with Gasteiger partial charge < -0.3 is 5.32 Å². The molecule has 0 aliphatic heterocycles. The van der Waals surface area contributed by atoms with E-state index in [0.717, 1.165) is 12.2 Å². The molecule has 0 radical (unpaired) electrons. The molecule has 2 rings (SSSR count). The first kappa shape index (κ1) is 9.21. The summed E-state index contributed by atoms with van der Waals surface area (Å²) in [6.07, 6.45) is 1.82. The molecule has 72 valence electrons. The highest BCUT2D eigenvalue weighted by atomic mass is 32.1. The number of thiophene rings is 1. The van der Waals surface area contributed by atoms with E-state index in [4.69, 9.17) is 0 Å². The second-order valence-corrected chi connectivity index (χ2v) is 3.89. The predicted octanol–water partition coefficient (Wildman–Crippen LogP) is 3.06. The van der Waals surface area contributed by atoms with Crippen LogP contribution in [-0.2, 0) is 6.54 Å². The van der Waals surface area contributed by atoms with Gasteiger partial charge in [-0.2, -0.15) is 0 Å². The van der Waals surface area contributed by atoms with Gasteiger partial charge in [-0.05, 0) is 30.0 Å². The SMILES string of the molecule is Cc1cscc1NCc1ccccn1. The van der Waals surface area contributed by atoms with Gasteiger partial charge in [0.15, 0.2) is 0 Å². The van der Waals surface area contributed by atoms with Gasteiger partial charge in [-0.1, -0.05) is 6.07 Å². The fraction of sp³-hybridized carbons (Fsp3) is 0.182. The molecule has 0 aliphatic carbocycles. The summed E-state index contributed by atoms with van der Waals surface area (Å²) in [7, 11) is 0. The molecule has 3 heteroatoms. The Labute approximate surface area is 87.6 Å². The maximum absolute atomic E-state index is 4.25. The third-order valence-electron chi connectivity index (χ3n) is 2.04. The summed E-state index contributed by atoms with van der Waals surface area (Å²) < 4.78 is 0. The van der Waals surface area contributed by atoms with Crippen molar-refractivity contribution in [2.75, 3.05) is 5.32 Å². The number of hydrogen-bond donors (Lipinski definition) is 1. The van der Waals surface area contributed by atoms with Gasteiger partial charge in [0.2, 0.25) is 0 Å². The van der Waals surface area contributed by atoms with Crippen LogP contribution in [0.15, 0.2) is 35.2 Å². The Balaban J connectivity index is 1.99. The number of nitrogens with zero attached hydrogens (tertiary/aromatic N) is 1. The Bertz CT molecular complexity index is 395. The van der Waals surface area contributed by atoms with Crippen molar-refractivity contribution in [2.45, 2.75) is 13.5 Å². The molecule has 2 heterocycles. The van der Waals surface area contributed by atoms with Crippen LogP contribution in [0.3, 0.4) is 0 Å². The molecule has 2 aromatic rings. The van der Waals surface area contributed by atoms with Crippen LogP contribution in [-0.4, -0.2) is 4.98 Å². The summed E-state index contributed by atoms with van der Waals surface area (Å²) in [5.41, 5.74) is 3.57. The van der Waals surface area contributed by atoms with Gasteiger partial charge in [0.05, 0.1) is 12.2 Å². The molecule has 0 saturated carbocycles. The van der Waals surface area contributed by atoms with Crippen molar-refractivity contribution >= 4 is 17.0 Å². The van der Waals surface area contributed by atoms with E-state index in [1.54, 1.807) is 11.3 Å². The molecule has 0 unspecified atom stereocenters. The fourth-order valence-electron chi connectivity index (χ4n) is 1.23. The van der Waals surface area contributed by atoms with Gasteiger partial charge in [-0.15, -0.1) is 11.3 Å². The van der Waals surface area contributed by atoms with E-state index in [2.05, 4.69) is 28.0 Å². The molecule has 0 saturated heterocycles. The van der Waals surface area contributed by atoms with Crippen LogP contribution in [0.2, 0.25) is 0 Å². The minimum absolute atomic E-state index is 0.790. The maximum atomic E-state index is 4.25. The number of hydrogen-bond acceptors (Lipinski definition) is 3. The molecule has 0 fully saturated rings. The van der Waals surface area contributed by atoms with Crippen molar-refractivity contribution in [3.8, 4) is 0 Å². The van der Waals surface area contributed by atoms with E-state index in [1.165, 1.54) is 11.3 Å². The van der Waals surface area contributed by atoms with Crippen LogP contribution in [0.5, 0.6) is 0 Å². The summed E-state index contributed by atoms with van der Waals surface area (Å²) in [4.78, 5) is 4.25. The molecule has 0 bridgehead atoms. The normalized spacial score (nSPS) is 10.1. The second kappa shape index (κ2) is 4.24. The van der Waals surface area contributed by atoms with Crippen molar-refractivity contribution < 1.29 is 0 Å². The molecular weight excluding hydrogens is 192 g/mol. The van der Waals surface area contributed by atoms with Crippen LogP contribution in [0.25, 0.3) is 0 Å². The molecule has 0 aliphatic rings. The zero-order chi connectivity index (χ0) is 9.80. The van der Waals surface area contributed by atoms with E-state index in [0.29, 0.717) is 0 Å². The number of anilines is 1. The number of nitrogens with one attached hydrogen (secondary N) is 1. The summed E-state index contributed by atoms with van der Waals surface area (Å²) in [5.74, 6) is 0. The van der Waals surface area contributed by atoms with E-state index < -0.39 is 0 Å². The Kier molecular flexibility index (Phi) is 2.79. The number of pyridine rings is 1. The lowest BCUT2D eigenvalue weighted by atomic mass is 10.3. The van der Waals surface area contributed by atoms with Gasteiger partial charge in [0, 0.05) is 17.3 Å². The molecule has 0 aromatic carbocycles. The third kappa shape index (κ3) is 2.12. The quantitative estimate of drug-likeness (QED) is 0.831. The maximum Gasteiger partial charge on any atom is 0.0594 e. The highest BCUT2D eigenvalue weighted by Gasteiger charge is 1.98. The lowest BCUT2D eigenvalue weighted by Crippen LogP contribution is -2.00. The van der Waals surface area contributed by atoms with Gasteiger partial charge in [0.25, 0.3) is 0 Å². The molecule has 14 heavy (non-hydrogen) atoms. The fourth-order valence-corrected chi connectivity index (χ4v) is 2.03. The minimum Gasteiger partial charge on any atom is -0.379 e. The van der Waals surface area contributed by atoms with E-state index in [-0.39, 0.29) is 0 Å². The van der Waals surface area contributed by atoms with Crippen molar-refractivity contribution in [3.05, 3.63) is 46.4 Å². The average Bonchev–Trinajstić information content (AvgIpc) is 2.63. The van der Waals surface area contributed by atoms with Gasteiger partial charge in [-0.25, -0.2) is 0 Å². The average molecular weight is 204 g/mol. The van der Waals surface area contributed by atoms with Crippen molar-refractivity contribution in [1.29, 1.82) is 0 Å². The van der Waals surface area contributed by atoms with Gasteiger partial charge in [0.1, 0.15) is 0 Å². The van der Waals surface area contributed by atoms with Crippen LogP contribution in [0, 0.1) is 6.92 Å². The Morgan fingerprint density at radius 2 is 2.29 bits per heavy atom. The Morgan fingerprint density at radius 1 is 1.36 bits per heavy atom. The molecule has 0 spiro atoms. The lowest BCUT2D eigenvalue weighted by molar-refractivity contribution is 1.04. The van der Waals surface area contributed by atoms with Crippen molar-refractivity contribution in [1.82, 2.24) is 4.98 Å². The van der Waals surface area contributed by atoms with Crippen LogP contribution < -0.4 is 5.32 Å². The first-order chi connectivity index (χ1) is 6.86. The smallest absolute Gasteiger partial charge is 0.0594 e. The van der Waals surface area contributed by atoms with E-state index in [9.17, 15) is 0 Å². The molecule has 2 aromatic heterocycles. The van der Waals surface area contributed by atoms with Crippen molar-refractivity contribution in [2.24, 2.45) is 0 Å². The number of rotatable bonds is 3. The monoisotopic (exact) mass is 204 g/mol. The Hall–Kier alpha value is -1.35. The topological polar surface area (TPSA) is 24.9 Å². The summed E-state index contributed by atoms with van der Waals surface area (Å²) in [6, 6.07) is 5.96. The standard InChI is InChI=1S/C11H12N2S/c1-9-7-14-8-11(9)13-6-10-4-2-3-5-12-10/h2-5,7-8,13H,6H2,1H3. The van der Waals surface area contributed by atoms with Gasteiger partial charge >= 0.3 is 0 Å². The number of aryl methyl sites for hydroxylation is 1. The highest BCUT2D eigenvalue weighted by molar-refractivity contribution is 7.08. The third-order valence-corrected chi connectivity index (χ3v) is 2.90. The minimum atomic E-state index is 0.790. The largest absolute Gasteiger partial charge is 0.379 e. The first-order valence-electron chi connectivity index (χ1n) is 4.53. The van der Waals surface area contributed by atoms with Gasteiger partial charge in [-0.3, -0.25) is 4.98 Å². The van der Waals surface area contributed by atoms with Crippen LogP contribution >= 0.6 is 11.3 Å². The predicted molar refractivity (Wildman–Crippen MR) is 60.6 cm³/mol. The summed E-state index contributed by atoms with van der Waals surface area (Å²) in [5, 5.41) is 7.62. The van der Waals surface area contributed by atoms with Crippen LogP contribution in [0.1, 0.15) is 11.3 Å². The van der Waals surface area contributed by atoms with Crippen molar-refractivity contribution in [3.63, 3.8) is 0 Å². The molecular formula is C11H12N2S. The Morgan fingerprint density at radius 3 is 2.93 bits per heavy atom. The van der Waals surface area contributed by atoms with E-state index >= 15 is 0 Å².